The zero-order valence-corrected chi connectivity index (χ0v) is 8.09. The van der Waals surface area contributed by atoms with Gasteiger partial charge in [-0.1, -0.05) is 23.2 Å². The molecule has 13 heavy (non-hydrogen) atoms. The summed E-state index contributed by atoms with van der Waals surface area (Å²) in [6.07, 6.45) is 0. The van der Waals surface area contributed by atoms with Crippen molar-refractivity contribution in [3.63, 3.8) is 0 Å². The maximum absolute atomic E-state index is 10.5. The van der Waals surface area contributed by atoms with Crippen molar-refractivity contribution in [2.45, 2.75) is 0 Å². The van der Waals surface area contributed by atoms with E-state index >= 15 is 0 Å². The molecule has 0 aliphatic carbocycles. The first-order valence-electron chi connectivity index (χ1n) is 3.23. The molecule has 0 saturated carbocycles. The van der Waals surface area contributed by atoms with Crippen molar-refractivity contribution in [1.82, 2.24) is 0 Å². The molecule has 0 atom stereocenters. The first-order valence-corrected chi connectivity index (χ1v) is 3.99. The number of ether oxygens (including phenoxy) is 1. The van der Waals surface area contributed by atoms with Crippen LogP contribution in [0.3, 0.4) is 0 Å². The number of hydrogen-bond donors (Lipinski definition) is 0. The van der Waals surface area contributed by atoms with Crippen LogP contribution in [0.25, 0.3) is 0 Å². The molecule has 0 N–H and O–H groups in total. The average molecular weight is 222 g/mol. The van der Waals surface area contributed by atoms with E-state index < -0.39 is 4.92 Å². The summed E-state index contributed by atoms with van der Waals surface area (Å²) >= 11 is 11.2. The van der Waals surface area contributed by atoms with Gasteiger partial charge in [-0.05, 0) is 6.07 Å². The zero-order chi connectivity index (χ0) is 10.0. The lowest BCUT2D eigenvalue weighted by molar-refractivity contribution is -0.385. The summed E-state index contributed by atoms with van der Waals surface area (Å²) in [4.78, 5) is 9.89. The highest BCUT2D eigenvalue weighted by molar-refractivity contribution is 6.36. The van der Waals surface area contributed by atoms with Gasteiger partial charge in [0.25, 0.3) is 0 Å². The summed E-state index contributed by atoms with van der Waals surface area (Å²) in [6, 6.07) is 2.57. The summed E-state index contributed by atoms with van der Waals surface area (Å²) in [5, 5.41) is 10.8. The molecule has 0 amide bonds. The van der Waals surface area contributed by atoms with Gasteiger partial charge in [-0.3, -0.25) is 10.1 Å². The number of halogens is 2. The van der Waals surface area contributed by atoms with Crippen LogP contribution in [-0.4, -0.2) is 12.0 Å². The molecule has 0 radical (unpaired) electrons. The minimum atomic E-state index is -0.601. The number of methoxy groups -OCH3 is 1. The van der Waals surface area contributed by atoms with Crippen molar-refractivity contribution < 1.29 is 9.66 Å². The molecular formula is C7H5Cl2NO3. The molecule has 0 spiro atoms. The van der Waals surface area contributed by atoms with Gasteiger partial charge < -0.3 is 4.74 Å². The van der Waals surface area contributed by atoms with Crippen LogP contribution in [0.2, 0.25) is 10.0 Å². The lowest BCUT2D eigenvalue weighted by Gasteiger charge is -2.03. The molecule has 1 rings (SSSR count). The second-order valence-electron chi connectivity index (χ2n) is 2.20. The molecule has 0 bridgehead atoms. The van der Waals surface area contributed by atoms with E-state index in [1.54, 1.807) is 0 Å². The highest BCUT2D eigenvalue weighted by Crippen LogP contribution is 2.37. The summed E-state index contributed by atoms with van der Waals surface area (Å²) < 4.78 is 4.76. The van der Waals surface area contributed by atoms with E-state index in [4.69, 9.17) is 27.9 Å². The molecule has 0 aliphatic heterocycles. The molecule has 0 aliphatic rings. The van der Waals surface area contributed by atoms with Crippen molar-refractivity contribution in [1.29, 1.82) is 0 Å². The molecular weight excluding hydrogens is 217 g/mol. The molecule has 0 heterocycles. The third-order valence-corrected chi connectivity index (χ3v) is 1.89. The topological polar surface area (TPSA) is 52.4 Å². The van der Waals surface area contributed by atoms with Gasteiger partial charge in [0.2, 0.25) is 5.75 Å². The van der Waals surface area contributed by atoms with Crippen LogP contribution in [0.1, 0.15) is 0 Å². The monoisotopic (exact) mass is 221 g/mol. The Bertz CT molecular complexity index is 354. The molecule has 1 aromatic carbocycles. The van der Waals surface area contributed by atoms with Gasteiger partial charge in [0.1, 0.15) is 0 Å². The van der Waals surface area contributed by atoms with E-state index in [1.807, 2.05) is 0 Å². The minimum Gasteiger partial charge on any atom is -0.489 e. The first kappa shape index (κ1) is 10.1. The van der Waals surface area contributed by atoms with Crippen LogP contribution >= 0.6 is 23.2 Å². The maximum Gasteiger partial charge on any atom is 0.313 e. The first-order chi connectivity index (χ1) is 6.06. The Kier molecular flexibility index (Phi) is 2.95. The zero-order valence-electron chi connectivity index (χ0n) is 6.58. The molecule has 70 valence electrons. The van der Waals surface area contributed by atoms with E-state index in [1.165, 1.54) is 19.2 Å². The predicted molar refractivity (Wildman–Crippen MR) is 49.7 cm³/mol. The Morgan fingerprint density at radius 2 is 2.08 bits per heavy atom. The van der Waals surface area contributed by atoms with Gasteiger partial charge in [-0.2, -0.15) is 0 Å². The maximum atomic E-state index is 10.5. The third kappa shape index (κ3) is 2.02. The summed E-state index contributed by atoms with van der Waals surface area (Å²) in [6.45, 7) is 0. The lowest BCUT2D eigenvalue weighted by atomic mass is 10.3. The fourth-order valence-electron chi connectivity index (χ4n) is 0.884. The van der Waals surface area contributed by atoms with Crippen molar-refractivity contribution in [2.75, 3.05) is 7.11 Å². The molecule has 4 nitrogen and oxygen atoms in total. The molecule has 0 unspecified atom stereocenters. The fourth-order valence-corrected chi connectivity index (χ4v) is 1.44. The summed E-state index contributed by atoms with van der Waals surface area (Å²) in [5.41, 5.74) is -0.236. The van der Waals surface area contributed by atoms with Gasteiger partial charge in [0, 0.05) is 11.1 Å². The second kappa shape index (κ2) is 3.81. The highest BCUT2D eigenvalue weighted by Gasteiger charge is 2.18. The van der Waals surface area contributed by atoms with E-state index in [-0.39, 0.29) is 21.5 Å². The number of hydrogen-bond acceptors (Lipinski definition) is 3. The smallest absolute Gasteiger partial charge is 0.313 e. The number of benzene rings is 1. The Hall–Kier alpha value is -1.00. The molecule has 0 fully saturated rings. The van der Waals surface area contributed by atoms with E-state index in [9.17, 15) is 10.1 Å². The number of rotatable bonds is 2. The van der Waals surface area contributed by atoms with Crippen LogP contribution in [0.15, 0.2) is 12.1 Å². The molecule has 6 heteroatoms. The number of nitrogens with zero attached hydrogens (tertiary/aromatic N) is 1. The van der Waals surface area contributed by atoms with Gasteiger partial charge in [0.05, 0.1) is 17.1 Å². The van der Waals surface area contributed by atoms with E-state index in [0.717, 1.165) is 0 Å². The van der Waals surface area contributed by atoms with Gasteiger partial charge in [-0.15, -0.1) is 0 Å². The van der Waals surface area contributed by atoms with Gasteiger partial charge in [0.15, 0.2) is 0 Å². The average Bonchev–Trinajstić information content (AvgIpc) is 2.02. The van der Waals surface area contributed by atoms with Gasteiger partial charge >= 0.3 is 5.69 Å². The normalized spacial score (nSPS) is 9.77. The Morgan fingerprint density at radius 1 is 1.46 bits per heavy atom. The van der Waals surface area contributed by atoms with E-state index in [2.05, 4.69) is 0 Å². The van der Waals surface area contributed by atoms with Gasteiger partial charge in [-0.25, -0.2) is 0 Å². The Balaban J connectivity index is 3.38. The lowest BCUT2D eigenvalue weighted by Crippen LogP contribution is -1.94. The summed E-state index contributed by atoms with van der Waals surface area (Å²) in [7, 11) is 1.31. The third-order valence-electron chi connectivity index (χ3n) is 1.39. The van der Waals surface area contributed by atoms with Crippen molar-refractivity contribution in [3.8, 4) is 5.75 Å². The van der Waals surface area contributed by atoms with Crippen molar-refractivity contribution >= 4 is 28.9 Å². The standard InChI is InChI=1S/C7H5Cl2NO3/c1-13-7-5(9)2-4(8)3-6(7)10(11)12/h2-3H,1H3. The van der Waals surface area contributed by atoms with Crippen LogP contribution in [0.5, 0.6) is 5.75 Å². The highest BCUT2D eigenvalue weighted by atomic mass is 35.5. The Morgan fingerprint density at radius 3 is 2.54 bits per heavy atom. The van der Waals surface area contributed by atoms with Crippen LogP contribution in [0.4, 0.5) is 5.69 Å². The quantitative estimate of drug-likeness (QED) is 0.570. The van der Waals surface area contributed by atoms with E-state index in [0.29, 0.717) is 0 Å². The number of nitro groups is 1. The largest absolute Gasteiger partial charge is 0.489 e. The number of nitro benzene ring substituents is 1. The fraction of sp³-hybridized carbons (Fsp3) is 0.143. The molecule has 0 saturated heterocycles. The summed E-state index contributed by atoms with van der Waals surface area (Å²) in [5.74, 6) is 0.0241. The SMILES string of the molecule is COc1c(Cl)cc(Cl)cc1[N+](=O)[O-]. The van der Waals surface area contributed by atoms with Crippen LogP contribution in [-0.2, 0) is 0 Å². The minimum absolute atomic E-state index is 0.0241. The molecule has 0 aromatic heterocycles. The second-order valence-corrected chi connectivity index (χ2v) is 3.04. The van der Waals surface area contributed by atoms with Crippen molar-refractivity contribution in [3.05, 3.63) is 32.3 Å². The predicted octanol–water partition coefficient (Wildman–Crippen LogP) is 2.91. The van der Waals surface area contributed by atoms with Crippen molar-refractivity contribution in [2.24, 2.45) is 0 Å². The van der Waals surface area contributed by atoms with Crippen LogP contribution < -0.4 is 4.74 Å². The van der Waals surface area contributed by atoms with Crippen LogP contribution in [0, 0.1) is 10.1 Å². The molecule has 1 aromatic rings. The Labute approximate surface area is 84.2 Å².